The van der Waals surface area contributed by atoms with Crippen molar-refractivity contribution in [3.63, 3.8) is 0 Å². The Balaban J connectivity index is 3.22. The molecule has 21 heavy (non-hydrogen) atoms. The van der Waals surface area contributed by atoms with Crippen LogP contribution in [0.2, 0.25) is 0 Å². The first kappa shape index (κ1) is 16.7. The lowest BCUT2D eigenvalue weighted by atomic mass is 10.1. The first-order valence-corrected chi connectivity index (χ1v) is 5.80. The van der Waals surface area contributed by atoms with E-state index in [1.807, 2.05) is 0 Å². The third-order valence-electron chi connectivity index (χ3n) is 2.63. The number of amides is 1. The topological polar surface area (TPSA) is 102 Å². The molecule has 0 unspecified atom stereocenters. The lowest BCUT2D eigenvalue weighted by Gasteiger charge is -2.22. The Bertz CT molecular complexity index is 548. The van der Waals surface area contributed by atoms with Gasteiger partial charge in [-0.15, -0.1) is 0 Å². The fourth-order valence-corrected chi connectivity index (χ4v) is 1.67. The SMILES string of the molecule is CCN(CC(F)(F)F)C(=O)c1cc(NN)ccc1[N+](=O)[O-]. The van der Waals surface area contributed by atoms with E-state index >= 15 is 0 Å². The summed E-state index contributed by atoms with van der Waals surface area (Å²) < 4.78 is 37.2. The monoisotopic (exact) mass is 306 g/mol. The Kier molecular flexibility index (Phi) is 5.08. The number of benzene rings is 1. The minimum atomic E-state index is -4.59. The summed E-state index contributed by atoms with van der Waals surface area (Å²) in [5.41, 5.74) is 1.31. The number of nitrogens with two attached hydrogens (primary N) is 1. The first-order chi connectivity index (χ1) is 9.69. The number of nitrogens with zero attached hydrogens (tertiary/aromatic N) is 2. The number of hydrogen-bond acceptors (Lipinski definition) is 5. The van der Waals surface area contributed by atoms with Crippen molar-refractivity contribution in [1.29, 1.82) is 0 Å². The third kappa shape index (κ3) is 4.31. The van der Waals surface area contributed by atoms with Crippen LogP contribution in [0.3, 0.4) is 0 Å². The quantitative estimate of drug-likeness (QED) is 0.491. The number of nitrogens with one attached hydrogen (secondary N) is 1. The predicted molar refractivity (Wildman–Crippen MR) is 68.5 cm³/mol. The molecule has 0 heterocycles. The summed E-state index contributed by atoms with van der Waals surface area (Å²) in [4.78, 5) is 22.6. The fourth-order valence-electron chi connectivity index (χ4n) is 1.67. The summed E-state index contributed by atoms with van der Waals surface area (Å²) in [5.74, 6) is 4.05. The second-order valence-corrected chi connectivity index (χ2v) is 4.07. The zero-order valence-corrected chi connectivity index (χ0v) is 11.0. The van der Waals surface area contributed by atoms with Crippen molar-refractivity contribution in [2.75, 3.05) is 18.5 Å². The molecule has 0 aromatic heterocycles. The molecular weight excluding hydrogens is 293 g/mol. The second-order valence-electron chi connectivity index (χ2n) is 4.07. The molecule has 0 aliphatic heterocycles. The fraction of sp³-hybridized carbons (Fsp3) is 0.364. The van der Waals surface area contributed by atoms with E-state index in [0.717, 1.165) is 12.1 Å². The summed E-state index contributed by atoms with van der Waals surface area (Å²) in [6.45, 7) is -0.379. The van der Waals surface area contributed by atoms with Gasteiger partial charge in [-0.3, -0.25) is 20.8 Å². The molecule has 0 spiro atoms. The highest BCUT2D eigenvalue weighted by atomic mass is 19.4. The predicted octanol–water partition coefficient (Wildman–Crippen LogP) is 1.90. The number of anilines is 1. The van der Waals surface area contributed by atoms with Gasteiger partial charge < -0.3 is 10.3 Å². The van der Waals surface area contributed by atoms with Crippen LogP contribution in [0, 0.1) is 10.1 Å². The van der Waals surface area contributed by atoms with E-state index in [0.29, 0.717) is 4.90 Å². The van der Waals surface area contributed by atoms with E-state index in [-0.39, 0.29) is 12.2 Å². The molecule has 0 aliphatic rings. The van der Waals surface area contributed by atoms with Crippen molar-refractivity contribution >= 4 is 17.3 Å². The van der Waals surface area contributed by atoms with Gasteiger partial charge in [-0.2, -0.15) is 13.2 Å². The Morgan fingerprint density at radius 2 is 2.10 bits per heavy atom. The average molecular weight is 306 g/mol. The molecule has 0 bridgehead atoms. The van der Waals surface area contributed by atoms with Gasteiger partial charge in [0.1, 0.15) is 12.1 Å². The zero-order valence-electron chi connectivity index (χ0n) is 11.0. The number of carbonyl (C=O) groups excluding carboxylic acids is 1. The average Bonchev–Trinajstić information content (AvgIpc) is 2.42. The minimum Gasteiger partial charge on any atom is -0.330 e. The number of nitrogen functional groups attached to an aromatic ring is 1. The molecule has 1 rings (SSSR count). The molecule has 1 aromatic carbocycles. The van der Waals surface area contributed by atoms with Crippen molar-refractivity contribution in [2.45, 2.75) is 13.1 Å². The highest BCUT2D eigenvalue weighted by Gasteiger charge is 2.34. The van der Waals surface area contributed by atoms with E-state index in [9.17, 15) is 28.1 Å². The van der Waals surface area contributed by atoms with Crippen LogP contribution in [0.4, 0.5) is 24.5 Å². The van der Waals surface area contributed by atoms with Crippen LogP contribution >= 0.6 is 0 Å². The van der Waals surface area contributed by atoms with Crippen LogP contribution in [0.25, 0.3) is 0 Å². The van der Waals surface area contributed by atoms with Gasteiger partial charge in [0.2, 0.25) is 0 Å². The molecule has 10 heteroatoms. The molecule has 0 saturated carbocycles. The number of nitro groups is 1. The van der Waals surface area contributed by atoms with E-state index in [1.165, 1.54) is 13.0 Å². The Hall–Kier alpha value is -2.36. The van der Waals surface area contributed by atoms with Gasteiger partial charge >= 0.3 is 6.18 Å². The number of hydrogen-bond donors (Lipinski definition) is 2. The van der Waals surface area contributed by atoms with Crippen LogP contribution in [0.15, 0.2) is 18.2 Å². The lowest BCUT2D eigenvalue weighted by Crippen LogP contribution is -2.39. The maximum atomic E-state index is 12.4. The maximum Gasteiger partial charge on any atom is 0.406 e. The van der Waals surface area contributed by atoms with E-state index in [4.69, 9.17) is 5.84 Å². The molecule has 0 aliphatic carbocycles. The van der Waals surface area contributed by atoms with E-state index in [1.54, 1.807) is 0 Å². The molecule has 3 N–H and O–H groups in total. The van der Waals surface area contributed by atoms with Gasteiger partial charge in [0, 0.05) is 18.3 Å². The lowest BCUT2D eigenvalue weighted by molar-refractivity contribution is -0.385. The van der Waals surface area contributed by atoms with Gasteiger partial charge in [-0.25, -0.2) is 0 Å². The zero-order chi connectivity index (χ0) is 16.2. The number of halogens is 3. The molecule has 0 radical (unpaired) electrons. The van der Waals surface area contributed by atoms with Crippen molar-refractivity contribution in [3.8, 4) is 0 Å². The summed E-state index contributed by atoms with van der Waals surface area (Å²) in [7, 11) is 0. The van der Waals surface area contributed by atoms with E-state index in [2.05, 4.69) is 5.43 Å². The van der Waals surface area contributed by atoms with Gasteiger partial charge in [0.25, 0.3) is 11.6 Å². The summed E-state index contributed by atoms with van der Waals surface area (Å²) >= 11 is 0. The van der Waals surface area contributed by atoms with Gasteiger partial charge in [0.15, 0.2) is 0 Å². The Labute approximate surface area is 117 Å². The normalized spacial score (nSPS) is 11.1. The number of nitro benzene ring substituents is 1. The van der Waals surface area contributed by atoms with E-state index < -0.39 is 34.8 Å². The second kappa shape index (κ2) is 6.39. The molecule has 0 saturated heterocycles. The van der Waals surface area contributed by atoms with Crippen LogP contribution in [0.1, 0.15) is 17.3 Å². The van der Waals surface area contributed by atoms with Crippen LogP contribution < -0.4 is 11.3 Å². The first-order valence-electron chi connectivity index (χ1n) is 5.80. The standard InChI is InChI=1S/C11H13F3N4O3/c1-2-17(6-11(12,13)14)10(19)8-5-7(16-15)3-4-9(8)18(20)21/h3-5,16H,2,6,15H2,1H3. The van der Waals surface area contributed by atoms with Gasteiger partial charge in [-0.05, 0) is 19.1 Å². The highest BCUT2D eigenvalue weighted by Crippen LogP contribution is 2.25. The largest absolute Gasteiger partial charge is 0.406 e. The minimum absolute atomic E-state index is 0.173. The molecule has 0 atom stereocenters. The number of alkyl halides is 3. The molecule has 7 nitrogen and oxygen atoms in total. The Morgan fingerprint density at radius 3 is 2.52 bits per heavy atom. The maximum absolute atomic E-state index is 12.4. The molecule has 0 fully saturated rings. The van der Waals surface area contributed by atoms with Crippen LogP contribution in [-0.2, 0) is 0 Å². The highest BCUT2D eigenvalue weighted by molar-refractivity contribution is 5.99. The summed E-state index contributed by atoms with van der Waals surface area (Å²) in [6.07, 6.45) is -4.59. The van der Waals surface area contributed by atoms with Crippen LogP contribution in [0.5, 0.6) is 0 Å². The molecule has 1 aromatic rings. The molecule has 1 amide bonds. The third-order valence-corrected chi connectivity index (χ3v) is 2.63. The van der Waals surface area contributed by atoms with Gasteiger partial charge in [0.05, 0.1) is 4.92 Å². The molecule has 116 valence electrons. The van der Waals surface area contributed by atoms with Crippen molar-refractivity contribution in [1.82, 2.24) is 4.90 Å². The van der Waals surface area contributed by atoms with Crippen LogP contribution in [-0.4, -0.2) is 35.0 Å². The smallest absolute Gasteiger partial charge is 0.330 e. The van der Waals surface area contributed by atoms with Gasteiger partial charge in [-0.1, -0.05) is 0 Å². The van der Waals surface area contributed by atoms with Crippen molar-refractivity contribution in [3.05, 3.63) is 33.9 Å². The Morgan fingerprint density at radius 1 is 1.48 bits per heavy atom. The number of hydrazine groups is 1. The summed E-state index contributed by atoms with van der Waals surface area (Å²) in [6, 6.07) is 3.29. The number of rotatable bonds is 5. The van der Waals surface area contributed by atoms with Crippen molar-refractivity contribution in [2.24, 2.45) is 5.84 Å². The molecular formula is C11H13F3N4O3. The summed E-state index contributed by atoms with van der Waals surface area (Å²) in [5, 5.41) is 10.9. The van der Waals surface area contributed by atoms with Crippen molar-refractivity contribution < 1.29 is 22.9 Å². The number of carbonyl (C=O) groups is 1.